The van der Waals surface area contributed by atoms with E-state index in [1.165, 1.54) is 0 Å². The summed E-state index contributed by atoms with van der Waals surface area (Å²) in [6, 6.07) is 35.2. The van der Waals surface area contributed by atoms with Crippen molar-refractivity contribution in [2.75, 3.05) is 0 Å². The summed E-state index contributed by atoms with van der Waals surface area (Å²) in [7, 11) is 0. The molecule has 188 valence electrons. The molecule has 37 heavy (non-hydrogen) atoms. The summed E-state index contributed by atoms with van der Waals surface area (Å²) in [5.41, 5.74) is 3.64. The van der Waals surface area contributed by atoms with Crippen molar-refractivity contribution in [3.8, 4) is 5.75 Å². The Hall–Kier alpha value is -4.58. The average Bonchev–Trinajstić information content (AvgIpc) is 2.96. The molecule has 0 aliphatic carbocycles. The van der Waals surface area contributed by atoms with Crippen LogP contribution in [-0.4, -0.2) is 18.1 Å². The fraction of sp³-hybridized carbons (Fsp3) is 0.161. The van der Waals surface area contributed by atoms with Gasteiger partial charge in [-0.15, -0.1) is 0 Å². The smallest absolute Gasteiger partial charge is 0.408 e. The first-order valence-electron chi connectivity index (χ1n) is 12.1. The Bertz CT molecular complexity index is 1250. The third-order valence-electron chi connectivity index (χ3n) is 5.62. The maximum Gasteiger partial charge on any atom is 0.408 e. The van der Waals surface area contributed by atoms with Crippen LogP contribution in [0.2, 0.25) is 0 Å². The number of benzene rings is 4. The molecule has 0 unspecified atom stereocenters. The number of ether oxygens (including phenoxy) is 3. The molecule has 0 aromatic heterocycles. The van der Waals surface area contributed by atoms with Crippen LogP contribution in [0.15, 0.2) is 115 Å². The normalized spacial score (nSPS) is 11.2. The quantitative estimate of drug-likeness (QED) is 0.264. The molecule has 0 saturated carbocycles. The monoisotopic (exact) mass is 495 g/mol. The molecule has 6 nitrogen and oxygen atoms in total. The van der Waals surface area contributed by atoms with E-state index in [2.05, 4.69) is 5.32 Å². The number of alkyl carbamates (subject to hydrolysis) is 1. The lowest BCUT2D eigenvalue weighted by atomic mass is 10.1. The second-order valence-electron chi connectivity index (χ2n) is 8.47. The molecule has 0 bridgehead atoms. The first-order chi connectivity index (χ1) is 18.2. The maximum atomic E-state index is 12.9. The SMILES string of the molecule is O=C(N[C@@H](Cc1ccc(OCc2ccccc2)cc1)C(=O)OCc1ccccc1)OCc1ccccc1. The van der Waals surface area contributed by atoms with Gasteiger partial charge in [0.1, 0.15) is 31.6 Å². The molecule has 0 aliphatic heterocycles. The Labute approximate surface area is 216 Å². The van der Waals surface area contributed by atoms with Crippen molar-refractivity contribution in [1.29, 1.82) is 0 Å². The first-order valence-corrected chi connectivity index (χ1v) is 12.1. The highest BCUT2D eigenvalue weighted by molar-refractivity contribution is 5.81. The van der Waals surface area contributed by atoms with Crippen molar-refractivity contribution in [2.45, 2.75) is 32.3 Å². The zero-order valence-corrected chi connectivity index (χ0v) is 20.4. The molecular weight excluding hydrogens is 466 g/mol. The minimum Gasteiger partial charge on any atom is -0.489 e. The van der Waals surface area contributed by atoms with Crippen LogP contribution in [0.4, 0.5) is 4.79 Å². The van der Waals surface area contributed by atoms with Gasteiger partial charge in [0.05, 0.1) is 0 Å². The van der Waals surface area contributed by atoms with Crippen LogP contribution >= 0.6 is 0 Å². The van der Waals surface area contributed by atoms with Crippen molar-refractivity contribution < 1.29 is 23.8 Å². The van der Waals surface area contributed by atoms with Crippen LogP contribution in [-0.2, 0) is 40.5 Å². The van der Waals surface area contributed by atoms with Crippen LogP contribution in [0.1, 0.15) is 22.3 Å². The molecule has 0 aliphatic rings. The molecular formula is C31H29NO5. The highest BCUT2D eigenvalue weighted by Crippen LogP contribution is 2.16. The van der Waals surface area contributed by atoms with Gasteiger partial charge in [-0.25, -0.2) is 9.59 Å². The number of esters is 1. The average molecular weight is 496 g/mol. The molecule has 6 heteroatoms. The number of hydrogen-bond donors (Lipinski definition) is 1. The summed E-state index contributed by atoms with van der Waals surface area (Å²) >= 11 is 0. The van der Waals surface area contributed by atoms with Crippen LogP contribution in [0, 0.1) is 0 Å². The highest BCUT2D eigenvalue weighted by atomic mass is 16.6. The van der Waals surface area contributed by atoms with E-state index in [1.807, 2.05) is 115 Å². The Kier molecular flexibility index (Phi) is 9.30. The molecule has 0 radical (unpaired) electrons. The molecule has 0 spiro atoms. The molecule has 4 aromatic carbocycles. The largest absolute Gasteiger partial charge is 0.489 e. The Morgan fingerprint density at radius 2 is 1.05 bits per heavy atom. The predicted molar refractivity (Wildman–Crippen MR) is 141 cm³/mol. The number of carbonyl (C=O) groups is 2. The fourth-order valence-corrected chi connectivity index (χ4v) is 3.63. The van der Waals surface area contributed by atoms with E-state index in [9.17, 15) is 9.59 Å². The van der Waals surface area contributed by atoms with Gasteiger partial charge in [-0.05, 0) is 34.4 Å². The van der Waals surface area contributed by atoms with Gasteiger partial charge in [-0.1, -0.05) is 103 Å². The van der Waals surface area contributed by atoms with Gasteiger partial charge in [-0.3, -0.25) is 0 Å². The summed E-state index contributed by atoms with van der Waals surface area (Å²) in [4.78, 5) is 25.4. The van der Waals surface area contributed by atoms with E-state index >= 15 is 0 Å². The molecule has 1 atom stereocenters. The zero-order chi connectivity index (χ0) is 25.7. The van der Waals surface area contributed by atoms with Crippen molar-refractivity contribution in [3.05, 3.63) is 138 Å². The topological polar surface area (TPSA) is 73.9 Å². The van der Waals surface area contributed by atoms with Crippen molar-refractivity contribution in [2.24, 2.45) is 0 Å². The third-order valence-corrected chi connectivity index (χ3v) is 5.62. The molecule has 1 N–H and O–H groups in total. The van der Waals surface area contributed by atoms with Crippen molar-refractivity contribution >= 4 is 12.1 Å². The molecule has 1 amide bonds. The number of rotatable bonds is 11. The van der Waals surface area contributed by atoms with Crippen LogP contribution in [0.3, 0.4) is 0 Å². The second-order valence-corrected chi connectivity index (χ2v) is 8.47. The van der Waals surface area contributed by atoms with Crippen LogP contribution < -0.4 is 10.1 Å². The van der Waals surface area contributed by atoms with E-state index in [0.717, 1.165) is 22.3 Å². The predicted octanol–water partition coefficient (Wildman–Crippen LogP) is 5.85. The number of nitrogens with one attached hydrogen (secondary N) is 1. The van der Waals surface area contributed by atoms with E-state index in [1.54, 1.807) is 0 Å². The number of carbonyl (C=O) groups excluding carboxylic acids is 2. The van der Waals surface area contributed by atoms with Gasteiger partial charge < -0.3 is 19.5 Å². The highest BCUT2D eigenvalue weighted by Gasteiger charge is 2.24. The number of amides is 1. The lowest BCUT2D eigenvalue weighted by Crippen LogP contribution is -2.43. The van der Waals surface area contributed by atoms with E-state index in [-0.39, 0.29) is 19.6 Å². The van der Waals surface area contributed by atoms with Gasteiger partial charge in [-0.2, -0.15) is 0 Å². The standard InChI is InChI=1S/C31H29NO5/c33-30(36-22-26-12-6-2-7-13-26)29(32-31(34)37-23-27-14-8-3-9-15-27)20-24-16-18-28(19-17-24)35-21-25-10-4-1-5-11-25/h1-19,29H,20-23H2,(H,32,34)/t29-/m0/s1. The van der Waals surface area contributed by atoms with Crippen LogP contribution in [0.5, 0.6) is 5.75 Å². The summed E-state index contributed by atoms with van der Waals surface area (Å²) in [5, 5.41) is 2.67. The summed E-state index contributed by atoms with van der Waals surface area (Å²) in [5.74, 6) is 0.177. The number of hydrogen-bond acceptors (Lipinski definition) is 5. The Balaban J connectivity index is 1.36. The summed E-state index contributed by atoms with van der Waals surface area (Å²) in [6.07, 6.45) is -0.444. The van der Waals surface area contributed by atoms with Crippen molar-refractivity contribution in [3.63, 3.8) is 0 Å². The van der Waals surface area contributed by atoms with Crippen LogP contribution in [0.25, 0.3) is 0 Å². The van der Waals surface area contributed by atoms with E-state index in [4.69, 9.17) is 14.2 Å². The molecule has 0 fully saturated rings. The summed E-state index contributed by atoms with van der Waals surface area (Å²) < 4.78 is 16.7. The maximum absolute atomic E-state index is 12.9. The summed E-state index contributed by atoms with van der Waals surface area (Å²) in [6.45, 7) is 0.679. The van der Waals surface area contributed by atoms with E-state index in [0.29, 0.717) is 12.4 Å². The molecule has 4 rings (SSSR count). The molecule has 0 heterocycles. The van der Waals surface area contributed by atoms with Crippen molar-refractivity contribution in [1.82, 2.24) is 5.32 Å². The van der Waals surface area contributed by atoms with Gasteiger partial charge in [0, 0.05) is 6.42 Å². The van der Waals surface area contributed by atoms with Gasteiger partial charge >= 0.3 is 12.1 Å². The third kappa shape index (κ3) is 8.54. The Morgan fingerprint density at radius 1 is 0.568 bits per heavy atom. The fourth-order valence-electron chi connectivity index (χ4n) is 3.63. The molecule has 4 aromatic rings. The minimum absolute atomic E-state index is 0.103. The lowest BCUT2D eigenvalue weighted by molar-refractivity contribution is -0.147. The molecule has 0 saturated heterocycles. The zero-order valence-electron chi connectivity index (χ0n) is 20.4. The minimum atomic E-state index is -0.914. The first kappa shape index (κ1) is 25.5. The Morgan fingerprint density at radius 3 is 1.59 bits per heavy atom. The van der Waals surface area contributed by atoms with Gasteiger partial charge in [0.2, 0.25) is 0 Å². The second kappa shape index (κ2) is 13.5. The lowest BCUT2D eigenvalue weighted by Gasteiger charge is -2.18. The van der Waals surface area contributed by atoms with Gasteiger partial charge in [0.15, 0.2) is 0 Å². The van der Waals surface area contributed by atoms with E-state index < -0.39 is 18.1 Å². The van der Waals surface area contributed by atoms with Gasteiger partial charge in [0.25, 0.3) is 0 Å².